The third kappa shape index (κ3) is 2.28. The van der Waals surface area contributed by atoms with Crippen LogP contribution >= 0.6 is 0 Å². The topological polar surface area (TPSA) is 23.5 Å². The molecule has 2 fully saturated rings. The van der Waals surface area contributed by atoms with Gasteiger partial charge < -0.3 is 5.11 Å². The van der Waals surface area contributed by atoms with Gasteiger partial charge in [-0.15, -0.1) is 0 Å². The summed E-state index contributed by atoms with van der Waals surface area (Å²) < 4.78 is 0. The van der Waals surface area contributed by atoms with Gasteiger partial charge in [0.1, 0.15) is 0 Å². The second-order valence-electron chi connectivity index (χ2n) is 5.70. The molecule has 1 saturated heterocycles. The summed E-state index contributed by atoms with van der Waals surface area (Å²) in [6.45, 7) is 6.89. The molecular formula is C14H27NO. The molecule has 1 saturated carbocycles. The van der Waals surface area contributed by atoms with Gasteiger partial charge in [-0.1, -0.05) is 26.7 Å². The van der Waals surface area contributed by atoms with E-state index in [-0.39, 0.29) is 11.6 Å². The van der Waals surface area contributed by atoms with Crippen LogP contribution in [0.1, 0.15) is 58.8 Å². The fourth-order valence-electron chi connectivity index (χ4n) is 3.43. The van der Waals surface area contributed by atoms with Crippen LogP contribution in [0.2, 0.25) is 0 Å². The van der Waals surface area contributed by atoms with Crippen molar-refractivity contribution in [3.8, 4) is 0 Å². The number of hydrogen-bond donors (Lipinski definition) is 1. The van der Waals surface area contributed by atoms with E-state index in [0.29, 0.717) is 0 Å². The van der Waals surface area contributed by atoms with E-state index in [9.17, 15) is 5.11 Å². The van der Waals surface area contributed by atoms with Crippen LogP contribution in [0.25, 0.3) is 0 Å². The lowest BCUT2D eigenvalue weighted by molar-refractivity contribution is -0.0342. The number of likely N-dealkylation sites (tertiary alicyclic amines) is 1. The number of aliphatic hydroxyl groups is 1. The first kappa shape index (κ1) is 12.4. The quantitative estimate of drug-likeness (QED) is 0.751. The molecule has 1 aliphatic heterocycles. The summed E-state index contributed by atoms with van der Waals surface area (Å²) in [4.78, 5) is 2.57. The zero-order chi connectivity index (χ0) is 11.6. The summed E-state index contributed by atoms with van der Waals surface area (Å²) >= 11 is 0. The first-order valence-corrected chi connectivity index (χ1v) is 7.16. The standard InChI is InChI=1S/C14H27NO/c1-3-14(4-2,15-9-5-6-10-15)13(16)11-12-7-8-12/h12-13,16H,3-11H2,1-2H3. The number of rotatable bonds is 6. The van der Waals surface area contributed by atoms with Gasteiger partial charge in [0, 0.05) is 5.54 Å². The van der Waals surface area contributed by atoms with Crippen LogP contribution in [0.4, 0.5) is 0 Å². The van der Waals surface area contributed by atoms with E-state index in [0.717, 1.165) is 25.2 Å². The van der Waals surface area contributed by atoms with Crippen molar-refractivity contribution < 1.29 is 5.11 Å². The highest BCUT2D eigenvalue weighted by atomic mass is 16.3. The molecule has 1 aliphatic carbocycles. The average molecular weight is 225 g/mol. The molecule has 1 N–H and O–H groups in total. The van der Waals surface area contributed by atoms with Crippen LogP contribution in [0, 0.1) is 5.92 Å². The molecule has 2 heteroatoms. The third-order valence-electron chi connectivity index (χ3n) is 4.83. The Morgan fingerprint density at radius 2 is 1.75 bits per heavy atom. The summed E-state index contributed by atoms with van der Waals surface area (Å²) in [6, 6.07) is 0. The molecule has 0 aromatic rings. The maximum atomic E-state index is 10.6. The first-order chi connectivity index (χ1) is 7.73. The van der Waals surface area contributed by atoms with Gasteiger partial charge in [0.05, 0.1) is 6.10 Å². The molecule has 1 unspecified atom stereocenters. The minimum atomic E-state index is -0.104. The summed E-state index contributed by atoms with van der Waals surface area (Å²) in [5.74, 6) is 0.829. The Morgan fingerprint density at radius 3 is 2.19 bits per heavy atom. The second kappa shape index (κ2) is 5.05. The third-order valence-corrected chi connectivity index (χ3v) is 4.83. The lowest BCUT2D eigenvalue weighted by Crippen LogP contribution is -2.55. The number of aliphatic hydroxyl groups excluding tert-OH is 1. The van der Waals surface area contributed by atoms with Crippen LogP contribution in [-0.2, 0) is 0 Å². The van der Waals surface area contributed by atoms with Gasteiger partial charge in [0.25, 0.3) is 0 Å². The lowest BCUT2D eigenvalue weighted by atomic mass is 9.82. The Hall–Kier alpha value is -0.0800. The van der Waals surface area contributed by atoms with E-state index in [4.69, 9.17) is 0 Å². The van der Waals surface area contributed by atoms with Crippen molar-refractivity contribution in [2.75, 3.05) is 13.1 Å². The molecule has 2 rings (SSSR count). The van der Waals surface area contributed by atoms with Crippen molar-refractivity contribution >= 4 is 0 Å². The zero-order valence-electron chi connectivity index (χ0n) is 10.9. The lowest BCUT2D eigenvalue weighted by Gasteiger charge is -2.44. The van der Waals surface area contributed by atoms with Crippen molar-refractivity contribution in [1.29, 1.82) is 0 Å². The maximum Gasteiger partial charge on any atom is 0.0726 e. The Bertz CT molecular complexity index is 215. The molecule has 0 aromatic heterocycles. The predicted molar refractivity (Wildman–Crippen MR) is 67.5 cm³/mol. The maximum absolute atomic E-state index is 10.6. The Labute approximate surface area is 100 Å². The predicted octanol–water partition coefficient (Wildman–Crippen LogP) is 2.80. The minimum Gasteiger partial charge on any atom is -0.391 e. The van der Waals surface area contributed by atoms with Crippen molar-refractivity contribution in [2.24, 2.45) is 5.92 Å². The largest absolute Gasteiger partial charge is 0.391 e. The van der Waals surface area contributed by atoms with Crippen LogP contribution in [-0.4, -0.2) is 34.7 Å². The molecule has 94 valence electrons. The molecule has 2 aliphatic rings. The molecule has 1 atom stereocenters. The molecule has 2 nitrogen and oxygen atoms in total. The first-order valence-electron chi connectivity index (χ1n) is 7.16. The fourth-order valence-corrected chi connectivity index (χ4v) is 3.43. The smallest absolute Gasteiger partial charge is 0.0726 e. The normalized spacial score (nSPS) is 24.9. The van der Waals surface area contributed by atoms with E-state index in [2.05, 4.69) is 18.7 Å². The van der Waals surface area contributed by atoms with Crippen LogP contribution in [0.3, 0.4) is 0 Å². The molecular weight excluding hydrogens is 198 g/mol. The van der Waals surface area contributed by atoms with E-state index >= 15 is 0 Å². The van der Waals surface area contributed by atoms with E-state index in [1.807, 2.05) is 0 Å². The highest BCUT2D eigenvalue weighted by Crippen LogP contribution is 2.40. The highest BCUT2D eigenvalue weighted by Gasteiger charge is 2.43. The molecule has 16 heavy (non-hydrogen) atoms. The van der Waals surface area contributed by atoms with E-state index < -0.39 is 0 Å². The number of nitrogens with zero attached hydrogens (tertiary/aromatic N) is 1. The summed E-state index contributed by atoms with van der Waals surface area (Å²) in [6.07, 6.45) is 8.46. The van der Waals surface area contributed by atoms with Gasteiger partial charge in [-0.05, 0) is 51.1 Å². The van der Waals surface area contributed by atoms with E-state index in [1.54, 1.807) is 0 Å². The van der Waals surface area contributed by atoms with Crippen molar-refractivity contribution in [1.82, 2.24) is 4.90 Å². The minimum absolute atomic E-state index is 0.0824. The highest BCUT2D eigenvalue weighted by molar-refractivity contribution is 4.98. The fraction of sp³-hybridized carbons (Fsp3) is 1.00. The SMILES string of the molecule is CCC(CC)(C(O)CC1CC1)N1CCCC1. The van der Waals surface area contributed by atoms with Crippen molar-refractivity contribution in [3.05, 3.63) is 0 Å². The van der Waals surface area contributed by atoms with Crippen molar-refractivity contribution in [2.45, 2.75) is 70.4 Å². The second-order valence-corrected chi connectivity index (χ2v) is 5.70. The van der Waals surface area contributed by atoms with Gasteiger partial charge in [0.2, 0.25) is 0 Å². The summed E-state index contributed by atoms with van der Waals surface area (Å²) in [5.41, 5.74) is 0.0824. The average Bonchev–Trinajstić information content (AvgIpc) is 2.94. The molecule has 0 spiro atoms. The van der Waals surface area contributed by atoms with Crippen LogP contribution in [0.15, 0.2) is 0 Å². The Balaban J connectivity index is 2.04. The van der Waals surface area contributed by atoms with Gasteiger partial charge >= 0.3 is 0 Å². The molecule has 0 amide bonds. The summed E-state index contributed by atoms with van der Waals surface area (Å²) in [7, 11) is 0. The van der Waals surface area contributed by atoms with Crippen molar-refractivity contribution in [3.63, 3.8) is 0 Å². The zero-order valence-corrected chi connectivity index (χ0v) is 10.9. The molecule has 0 radical (unpaired) electrons. The monoisotopic (exact) mass is 225 g/mol. The molecule has 0 aromatic carbocycles. The molecule has 0 bridgehead atoms. The molecule has 1 heterocycles. The Morgan fingerprint density at radius 1 is 1.19 bits per heavy atom. The van der Waals surface area contributed by atoms with Gasteiger partial charge in [0.15, 0.2) is 0 Å². The van der Waals surface area contributed by atoms with E-state index in [1.165, 1.54) is 38.8 Å². The van der Waals surface area contributed by atoms with Gasteiger partial charge in [-0.3, -0.25) is 4.90 Å². The van der Waals surface area contributed by atoms with Gasteiger partial charge in [-0.25, -0.2) is 0 Å². The van der Waals surface area contributed by atoms with Gasteiger partial charge in [-0.2, -0.15) is 0 Å². The van der Waals surface area contributed by atoms with Crippen LogP contribution in [0.5, 0.6) is 0 Å². The van der Waals surface area contributed by atoms with Crippen LogP contribution < -0.4 is 0 Å². The number of hydrogen-bond acceptors (Lipinski definition) is 2. The summed E-state index contributed by atoms with van der Waals surface area (Å²) in [5, 5.41) is 10.6. The Kier molecular flexibility index (Phi) is 3.91.